The number of rotatable bonds is 3. The number of esters is 1. The molecule has 3 aromatic rings. The molecule has 5 heteroatoms. The first-order chi connectivity index (χ1) is 14.6. The van der Waals surface area contributed by atoms with Gasteiger partial charge in [0.25, 0.3) is 0 Å². The van der Waals surface area contributed by atoms with Crippen molar-refractivity contribution in [2.45, 2.75) is 11.0 Å². The van der Waals surface area contributed by atoms with Crippen LogP contribution < -0.4 is 9.64 Å². The molecule has 0 radical (unpaired) electrons. The van der Waals surface area contributed by atoms with E-state index in [1.54, 1.807) is 24.3 Å². The highest BCUT2D eigenvalue weighted by atomic mass is 127. The molecule has 30 heavy (non-hydrogen) atoms. The van der Waals surface area contributed by atoms with E-state index in [2.05, 4.69) is 56.5 Å². The number of carbonyl (C=O) groups excluding carboxylic acids is 1. The van der Waals surface area contributed by atoms with Crippen LogP contribution in [-0.4, -0.2) is 22.9 Å². The Morgan fingerprint density at radius 2 is 1.57 bits per heavy atom. The van der Waals surface area contributed by atoms with Crippen LogP contribution in [0.4, 0.5) is 5.69 Å². The molecule has 0 aromatic heterocycles. The molecule has 148 valence electrons. The lowest BCUT2D eigenvalue weighted by atomic mass is 10.1. The van der Waals surface area contributed by atoms with Crippen molar-refractivity contribution in [1.29, 1.82) is 0 Å². The first-order valence-corrected chi connectivity index (χ1v) is 10.8. The molecule has 1 heterocycles. The first-order valence-electron chi connectivity index (χ1n) is 9.52. The van der Waals surface area contributed by atoms with Crippen LogP contribution in [0.15, 0.2) is 77.8 Å². The minimum Gasteiger partial charge on any atom is -0.423 e. The average molecular weight is 506 g/mol. The third-order valence-electron chi connectivity index (χ3n) is 4.62. The summed E-state index contributed by atoms with van der Waals surface area (Å²) < 4.78 is 5.73. The van der Waals surface area contributed by atoms with Crippen molar-refractivity contribution >= 4 is 40.6 Å². The van der Waals surface area contributed by atoms with Crippen LogP contribution in [0, 0.1) is 18.8 Å². The van der Waals surface area contributed by atoms with Crippen molar-refractivity contribution < 1.29 is 9.53 Å². The Balaban J connectivity index is 1.38. The second-order valence-corrected chi connectivity index (χ2v) is 8.37. The molecular weight excluding hydrogens is 487 g/mol. The largest absolute Gasteiger partial charge is 0.423 e. The fourth-order valence-electron chi connectivity index (χ4n) is 2.92. The van der Waals surface area contributed by atoms with Gasteiger partial charge in [-0.2, -0.15) is 0 Å². The van der Waals surface area contributed by atoms with Crippen molar-refractivity contribution in [3.63, 3.8) is 0 Å². The molecule has 3 aromatic carbocycles. The molecule has 0 saturated heterocycles. The van der Waals surface area contributed by atoms with E-state index in [4.69, 9.17) is 4.74 Å². The Morgan fingerprint density at radius 3 is 2.13 bits per heavy atom. The number of halogens is 1. The van der Waals surface area contributed by atoms with E-state index in [9.17, 15) is 4.79 Å². The number of carbonyl (C=O) groups is 1. The fourth-order valence-corrected chi connectivity index (χ4v) is 3.49. The number of hydrogen-bond donors (Lipinski definition) is 0. The molecule has 4 nitrogen and oxygen atoms in total. The zero-order chi connectivity index (χ0) is 20.9. The minimum absolute atomic E-state index is 0.307. The van der Waals surface area contributed by atoms with Crippen LogP contribution in [-0.2, 0) is 0 Å². The monoisotopic (exact) mass is 506 g/mol. The van der Waals surface area contributed by atoms with Gasteiger partial charge in [-0.05, 0) is 67.6 Å². The van der Waals surface area contributed by atoms with Gasteiger partial charge in [0.2, 0.25) is 0 Å². The van der Waals surface area contributed by atoms with E-state index >= 15 is 0 Å². The van der Waals surface area contributed by atoms with Gasteiger partial charge in [-0.25, -0.2) is 4.79 Å². The molecule has 0 fully saturated rings. The molecule has 0 aliphatic carbocycles. The zero-order valence-corrected chi connectivity index (χ0v) is 18.5. The van der Waals surface area contributed by atoms with Gasteiger partial charge in [-0.3, -0.25) is 4.99 Å². The second kappa shape index (κ2) is 9.14. The van der Waals surface area contributed by atoms with E-state index in [-0.39, 0.29) is 5.97 Å². The Kier molecular flexibility index (Phi) is 6.15. The SMILES string of the molecule is Cc1ccc(C(=O)Oc2ccc(C#Cc3ccc(N4C=NC(I)C4)cc3)cc2)cc1. The predicted octanol–water partition coefficient (Wildman–Crippen LogP) is 5.22. The highest BCUT2D eigenvalue weighted by Crippen LogP contribution is 2.20. The number of anilines is 1. The van der Waals surface area contributed by atoms with E-state index < -0.39 is 0 Å². The van der Waals surface area contributed by atoms with E-state index in [1.165, 1.54) is 0 Å². The molecule has 0 spiro atoms. The van der Waals surface area contributed by atoms with Crippen LogP contribution in [0.2, 0.25) is 0 Å². The summed E-state index contributed by atoms with van der Waals surface area (Å²) in [7, 11) is 0. The summed E-state index contributed by atoms with van der Waals surface area (Å²) in [6.45, 7) is 2.87. The highest BCUT2D eigenvalue weighted by Gasteiger charge is 2.15. The lowest BCUT2D eigenvalue weighted by molar-refractivity contribution is 0.0735. The fraction of sp³-hybridized carbons (Fsp3) is 0.120. The van der Waals surface area contributed by atoms with Crippen LogP contribution in [0.5, 0.6) is 5.75 Å². The minimum atomic E-state index is -0.370. The lowest BCUT2D eigenvalue weighted by Crippen LogP contribution is -2.19. The van der Waals surface area contributed by atoms with Crippen LogP contribution in [0.1, 0.15) is 27.0 Å². The standard InChI is InChI=1S/C25H19IN2O2/c1-18-2-10-21(11-3-18)25(29)30-23-14-8-20(9-15-23)5-4-19-6-12-22(13-7-19)28-16-24(26)27-17-28/h2-3,6-15,17,24H,16H2,1H3. The predicted molar refractivity (Wildman–Crippen MR) is 129 cm³/mol. The quantitative estimate of drug-likeness (QED) is 0.122. The Labute approximate surface area is 189 Å². The molecule has 0 saturated carbocycles. The molecule has 1 aliphatic rings. The first kappa shape index (κ1) is 20.2. The van der Waals surface area contributed by atoms with Gasteiger partial charge in [0.05, 0.1) is 18.4 Å². The van der Waals surface area contributed by atoms with Gasteiger partial charge in [0.15, 0.2) is 0 Å². The van der Waals surface area contributed by atoms with Gasteiger partial charge in [-0.1, -0.05) is 52.1 Å². The van der Waals surface area contributed by atoms with Crippen LogP contribution in [0.25, 0.3) is 0 Å². The van der Waals surface area contributed by atoms with E-state index in [0.717, 1.165) is 28.9 Å². The number of aryl methyl sites for hydroxylation is 1. The zero-order valence-electron chi connectivity index (χ0n) is 16.4. The maximum Gasteiger partial charge on any atom is 0.343 e. The molecule has 1 unspecified atom stereocenters. The molecular formula is C25H19IN2O2. The number of ether oxygens (including phenoxy) is 1. The van der Waals surface area contributed by atoms with Gasteiger partial charge in [-0.15, -0.1) is 0 Å². The van der Waals surface area contributed by atoms with Crippen molar-refractivity contribution in [2.75, 3.05) is 11.4 Å². The van der Waals surface area contributed by atoms with E-state index in [1.807, 2.05) is 49.7 Å². The highest BCUT2D eigenvalue weighted by molar-refractivity contribution is 14.1. The van der Waals surface area contributed by atoms with Crippen molar-refractivity contribution in [1.82, 2.24) is 0 Å². The Hall–Kier alpha value is -3.11. The molecule has 4 rings (SSSR count). The van der Waals surface area contributed by atoms with Crippen molar-refractivity contribution in [2.24, 2.45) is 4.99 Å². The summed E-state index contributed by atoms with van der Waals surface area (Å²) in [4.78, 5) is 18.7. The van der Waals surface area contributed by atoms with Gasteiger partial charge >= 0.3 is 5.97 Å². The van der Waals surface area contributed by atoms with E-state index in [0.29, 0.717) is 15.4 Å². The maximum atomic E-state index is 12.2. The lowest BCUT2D eigenvalue weighted by Gasteiger charge is -2.14. The molecule has 1 atom stereocenters. The summed E-state index contributed by atoms with van der Waals surface area (Å²) in [6, 6.07) is 22.6. The number of nitrogens with zero attached hydrogens (tertiary/aromatic N) is 2. The Morgan fingerprint density at radius 1 is 0.967 bits per heavy atom. The topological polar surface area (TPSA) is 41.9 Å². The van der Waals surface area contributed by atoms with Gasteiger partial charge in [0, 0.05) is 16.8 Å². The molecule has 0 amide bonds. The summed E-state index contributed by atoms with van der Waals surface area (Å²) >= 11 is 2.32. The maximum absolute atomic E-state index is 12.2. The molecule has 0 bridgehead atoms. The summed E-state index contributed by atoms with van der Waals surface area (Å²) in [5, 5.41) is 0. The average Bonchev–Trinajstić information content (AvgIpc) is 3.20. The number of alkyl halides is 1. The normalized spacial score (nSPS) is 14.9. The number of benzene rings is 3. The van der Waals surface area contributed by atoms with Crippen LogP contribution >= 0.6 is 22.6 Å². The molecule has 0 N–H and O–H groups in total. The van der Waals surface area contributed by atoms with Crippen LogP contribution in [0.3, 0.4) is 0 Å². The van der Waals surface area contributed by atoms with Crippen molar-refractivity contribution in [3.05, 3.63) is 95.1 Å². The Bertz CT molecular complexity index is 1130. The van der Waals surface area contributed by atoms with Gasteiger partial charge in [0.1, 0.15) is 9.80 Å². The third kappa shape index (κ3) is 5.08. The smallest absolute Gasteiger partial charge is 0.343 e. The summed E-state index contributed by atoms with van der Waals surface area (Å²) in [5.41, 5.74) is 4.54. The molecule has 1 aliphatic heterocycles. The summed E-state index contributed by atoms with van der Waals surface area (Å²) in [6.07, 6.45) is 1.88. The van der Waals surface area contributed by atoms with Crippen molar-refractivity contribution in [3.8, 4) is 17.6 Å². The van der Waals surface area contributed by atoms with Gasteiger partial charge < -0.3 is 9.64 Å². The number of aliphatic imine (C=N–C) groups is 1. The number of hydrogen-bond acceptors (Lipinski definition) is 4. The second-order valence-electron chi connectivity index (χ2n) is 6.93. The third-order valence-corrected chi connectivity index (χ3v) is 5.33. The summed E-state index contributed by atoms with van der Waals surface area (Å²) in [5.74, 6) is 6.44.